The van der Waals surface area contributed by atoms with Crippen LogP contribution in [-0.2, 0) is 4.79 Å². The average Bonchev–Trinajstić information content (AvgIpc) is 2.69. The zero-order valence-corrected chi connectivity index (χ0v) is 15.8. The van der Waals surface area contributed by atoms with Crippen LogP contribution in [-0.4, -0.2) is 34.6 Å². The molecule has 0 bridgehead atoms. The van der Waals surface area contributed by atoms with Gasteiger partial charge in [-0.1, -0.05) is 74.5 Å². The molecule has 3 rings (SSSR count). The predicted octanol–water partition coefficient (Wildman–Crippen LogP) is 4.34. The summed E-state index contributed by atoms with van der Waals surface area (Å²) < 4.78 is 0. The molecule has 2 aromatic rings. The van der Waals surface area contributed by atoms with Crippen molar-refractivity contribution in [1.29, 1.82) is 0 Å². The molecular weight excluding hydrogens is 322 g/mol. The number of nitrogens with zero attached hydrogens (tertiary/aromatic N) is 1. The highest BCUT2D eigenvalue weighted by molar-refractivity contribution is 5.77. The molecule has 1 N–H and O–H groups in total. The number of hydrogen-bond donors (Lipinski definition) is 1. The normalized spacial score (nSPS) is 19.0. The lowest BCUT2D eigenvalue weighted by molar-refractivity contribution is -0.136. The first-order chi connectivity index (χ1) is 12.5. The minimum Gasteiger partial charge on any atom is -0.389 e. The van der Waals surface area contributed by atoms with Crippen molar-refractivity contribution < 1.29 is 9.90 Å². The number of hydrogen-bond acceptors (Lipinski definition) is 2. The van der Waals surface area contributed by atoms with E-state index < -0.39 is 5.60 Å². The number of likely N-dealkylation sites (tertiary alicyclic amines) is 1. The van der Waals surface area contributed by atoms with Crippen LogP contribution in [0.2, 0.25) is 0 Å². The van der Waals surface area contributed by atoms with Gasteiger partial charge in [0.25, 0.3) is 0 Å². The van der Waals surface area contributed by atoms with Gasteiger partial charge in [-0.05, 0) is 29.9 Å². The Labute approximate surface area is 156 Å². The standard InChI is InChI=1S/C23H29NO2/c1-18(20-9-5-3-6-10-20)17-22(25)24-15-13-23(26,14-16-24)19(2)21-11-7-4-8-12-21/h3-12,18-19,26H,13-17H2,1-2H3/t18-,19+/m1/s1. The molecule has 1 heterocycles. The molecule has 0 spiro atoms. The maximum Gasteiger partial charge on any atom is 0.223 e. The van der Waals surface area contributed by atoms with Crippen molar-refractivity contribution in [1.82, 2.24) is 4.90 Å². The van der Waals surface area contributed by atoms with Crippen molar-refractivity contribution in [3.8, 4) is 0 Å². The summed E-state index contributed by atoms with van der Waals surface area (Å²) in [5.41, 5.74) is 1.63. The van der Waals surface area contributed by atoms with E-state index in [4.69, 9.17) is 0 Å². The third-order valence-electron chi connectivity index (χ3n) is 5.94. The second-order valence-electron chi connectivity index (χ2n) is 7.63. The Hall–Kier alpha value is -2.13. The maximum absolute atomic E-state index is 12.7. The zero-order chi connectivity index (χ0) is 18.6. The first-order valence-electron chi connectivity index (χ1n) is 9.59. The first kappa shape index (κ1) is 18.7. The van der Waals surface area contributed by atoms with Crippen molar-refractivity contribution in [3.63, 3.8) is 0 Å². The van der Waals surface area contributed by atoms with Crippen LogP contribution in [0.3, 0.4) is 0 Å². The fourth-order valence-electron chi connectivity index (χ4n) is 3.92. The van der Waals surface area contributed by atoms with E-state index in [1.807, 2.05) is 41.3 Å². The van der Waals surface area contributed by atoms with Crippen LogP contribution in [0.25, 0.3) is 0 Å². The van der Waals surface area contributed by atoms with Gasteiger partial charge in [0.15, 0.2) is 0 Å². The number of carbonyl (C=O) groups excluding carboxylic acids is 1. The van der Waals surface area contributed by atoms with Gasteiger partial charge < -0.3 is 10.0 Å². The van der Waals surface area contributed by atoms with Crippen LogP contribution in [0.5, 0.6) is 0 Å². The molecule has 26 heavy (non-hydrogen) atoms. The largest absolute Gasteiger partial charge is 0.389 e. The van der Waals surface area contributed by atoms with Gasteiger partial charge >= 0.3 is 0 Å². The van der Waals surface area contributed by atoms with Gasteiger partial charge in [-0.2, -0.15) is 0 Å². The molecule has 1 amide bonds. The van der Waals surface area contributed by atoms with Crippen LogP contribution >= 0.6 is 0 Å². The highest BCUT2D eigenvalue weighted by Crippen LogP contribution is 2.36. The molecule has 2 atom stereocenters. The molecule has 1 aliphatic rings. The number of benzene rings is 2. The molecule has 0 saturated carbocycles. The Bertz CT molecular complexity index is 706. The minimum atomic E-state index is -0.733. The maximum atomic E-state index is 12.7. The first-order valence-corrected chi connectivity index (χ1v) is 9.59. The summed E-state index contributed by atoms with van der Waals surface area (Å²) in [6.45, 7) is 5.46. The van der Waals surface area contributed by atoms with Crippen molar-refractivity contribution in [2.24, 2.45) is 0 Å². The third kappa shape index (κ3) is 4.16. The monoisotopic (exact) mass is 351 g/mol. The quantitative estimate of drug-likeness (QED) is 0.871. The Morgan fingerprint density at radius 1 is 0.962 bits per heavy atom. The van der Waals surface area contributed by atoms with Crippen LogP contribution in [0, 0.1) is 0 Å². The molecule has 1 aliphatic heterocycles. The van der Waals surface area contributed by atoms with E-state index in [2.05, 4.69) is 38.1 Å². The fourth-order valence-corrected chi connectivity index (χ4v) is 3.92. The molecule has 1 saturated heterocycles. The lowest BCUT2D eigenvalue weighted by atomic mass is 9.77. The van der Waals surface area contributed by atoms with E-state index in [0.29, 0.717) is 32.4 Å². The second-order valence-corrected chi connectivity index (χ2v) is 7.63. The second kappa shape index (κ2) is 8.05. The molecule has 3 nitrogen and oxygen atoms in total. The van der Waals surface area contributed by atoms with E-state index >= 15 is 0 Å². The summed E-state index contributed by atoms with van der Waals surface area (Å²) in [7, 11) is 0. The van der Waals surface area contributed by atoms with Crippen LogP contribution < -0.4 is 0 Å². The fraction of sp³-hybridized carbons (Fsp3) is 0.435. The number of aliphatic hydroxyl groups is 1. The van der Waals surface area contributed by atoms with Crippen LogP contribution in [0.15, 0.2) is 60.7 Å². The van der Waals surface area contributed by atoms with Crippen LogP contribution in [0.1, 0.15) is 56.1 Å². The van der Waals surface area contributed by atoms with Gasteiger partial charge in [-0.15, -0.1) is 0 Å². The van der Waals surface area contributed by atoms with Gasteiger partial charge in [-0.3, -0.25) is 4.79 Å². The molecule has 1 fully saturated rings. The van der Waals surface area contributed by atoms with E-state index in [9.17, 15) is 9.90 Å². The predicted molar refractivity (Wildman–Crippen MR) is 105 cm³/mol. The smallest absolute Gasteiger partial charge is 0.223 e. The summed E-state index contributed by atoms with van der Waals surface area (Å²) in [6.07, 6.45) is 1.79. The Kier molecular flexibility index (Phi) is 5.77. The van der Waals surface area contributed by atoms with Crippen LogP contribution in [0.4, 0.5) is 0 Å². The molecule has 0 aromatic heterocycles. The van der Waals surface area contributed by atoms with Gasteiger partial charge in [0.1, 0.15) is 0 Å². The Balaban J connectivity index is 1.57. The highest BCUT2D eigenvalue weighted by atomic mass is 16.3. The number of rotatable bonds is 5. The van der Waals surface area contributed by atoms with Gasteiger partial charge in [-0.25, -0.2) is 0 Å². The van der Waals surface area contributed by atoms with Gasteiger partial charge in [0, 0.05) is 25.4 Å². The topological polar surface area (TPSA) is 40.5 Å². The molecule has 0 radical (unpaired) electrons. The Morgan fingerprint density at radius 3 is 2.00 bits per heavy atom. The summed E-state index contributed by atoms with van der Waals surface area (Å²) in [5.74, 6) is 0.479. The van der Waals surface area contributed by atoms with E-state index in [1.54, 1.807) is 0 Å². The summed E-state index contributed by atoms with van der Waals surface area (Å²) >= 11 is 0. The SMILES string of the molecule is C[C@H](CC(=O)N1CCC(O)([C@@H](C)c2ccccc2)CC1)c1ccccc1. The van der Waals surface area contributed by atoms with Crippen molar-refractivity contribution in [2.75, 3.05) is 13.1 Å². The van der Waals surface area contributed by atoms with Gasteiger partial charge in [0.05, 0.1) is 5.60 Å². The van der Waals surface area contributed by atoms with E-state index in [1.165, 1.54) is 5.56 Å². The minimum absolute atomic E-state index is 0.0733. The Morgan fingerprint density at radius 2 is 1.46 bits per heavy atom. The summed E-state index contributed by atoms with van der Waals surface area (Å²) in [5, 5.41) is 11.1. The van der Waals surface area contributed by atoms with E-state index in [0.717, 1.165) is 5.56 Å². The third-order valence-corrected chi connectivity index (χ3v) is 5.94. The van der Waals surface area contributed by atoms with Gasteiger partial charge in [0.2, 0.25) is 5.91 Å². The summed E-state index contributed by atoms with van der Waals surface area (Å²) in [6, 6.07) is 20.3. The zero-order valence-electron chi connectivity index (χ0n) is 15.8. The van der Waals surface area contributed by atoms with Crippen molar-refractivity contribution in [2.45, 2.75) is 50.5 Å². The lowest BCUT2D eigenvalue weighted by Crippen LogP contribution is -2.49. The molecule has 2 aromatic carbocycles. The molecule has 0 aliphatic carbocycles. The summed E-state index contributed by atoms with van der Waals surface area (Å²) in [4.78, 5) is 14.6. The molecule has 3 heteroatoms. The van der Waals surface area contributed by atoms with E-state index in [-0.39, 0.29) is 17.7 Å². The number of carbonyl (C=O) groups is 1. The average molecular weight is 351 g/mol. The molecular formula is C23H29NO2. The highest BCUT2D eigenvalue weighted by Gasteiger charge is 2.39. The van der Waals surface area contributed by atoms with Crippen molar-refractivity contribution >= 4 is 5.91 Å². The van der Waals surface area contributed by atoms with Crippen molar-refractivity contribution in [3.05, 3.63) is 71.8 Å². The molecule has 0 unspecified atom stereocenters. The lowest BCUT2D eigenvalue weighted by Gasteiger charge is -2.42. The number of amides is 1. The molecule has 138 valence electrons. The number of piperidine rings is 1.